The summed E-state index contributed by atoms with van der Waals surface area (Å²) in [7, 11) is 0. The summed E-state index contributed by atoms with van der Waals surface area (Å²) in [6, 6.07) is 11.6. The average Bonchev–Trinajstić information content (AvgIpc) is 3.10. The zero-order valence-corrected chi connectivity index (χ0v) is 15.5. The SMILES string of the molecule is O=C(O)[C@@H]1C[C@@H]2CCCC[C@@H]2N1C(=O)Cn1nc(-c2ccccc2)ccc1=O. The largest absolute Gasteiger partial charge is 0.480 e. The van der Waals surface area contributed by atoms with Gasteiger partial charge >= 0.3 is 5.97 Å². The Balaban J connectivity index is 1.60. The average molecular weight is 381 g/mol. The molecule has 0 radical (unpaired) electrons. The first-order valence-corrected chi connectivity index (χ1v) is 9.72. The molecule has 1 aliphatic heterocycles. The van der Waals surface area contributed by atoms with Crippen LogP contribution in [-0.4, -0.2) is 43.7 Å². The predicted molar refractivity (Wildman–Crippen MR) is 103 cm³/mol. The highest BCUT2D eigenvalue weighted by Crippen LogP contribution is 2.39. The Morgan fingerprint density at radius 1 is 1.07 bits per heavy atom. The maximum atomic E-state index is 13.0. The number of likely N-dealkylation sites (tertiary alicyclic amines) is 1. The van der Waals surface area contributed by atoms with Crippen LogP contribution in [0.4, 0.5) is 0 Å². The van der Waals surface area contributed by atoms with Crippen LogP contribution >= 0.6 is 0 Å². The minimum absolute atomic E-state index is 0.0460. The number of aromatic nitrogens is 2. The van der Waals surface area contributed by atoms with Crippen molar-refractivity contribution in [3.8, 4) is 11.3 Å². The molecule has 28 heavy (non-hydrogen) atoms. The molecular weight excluding hydrogens is 358 g/mol. The first-order valence-electron chi connectivity index (χ1n) is 9.72. The Morgan fingerprint density at radius 3 is 2.57 bits per heavy atom. The van der Waals surface area contributed by atoms with E-state index in [1.54, 1.807) is 6.07 Å². The minimum Gasteiger partial charge on any atom is -0.480 e. The first kappa shape index (κ1) is 18.4. The molecule has 2 aliphatic rings. The van der Waals surface area contributed by atoms with E-state index < -0.39 is 12.0 Å². The molecule has 0 bridgehead atoms. The molecule has 1 saturated heterocycles. The molecule has 0 spiro atoms. The van der Waals surface area contributed by atoms with Gasteiger partial charge in [-0.2, -0.15) is 5.10 Å². The fraction of sp³-hybridized carbons (Fsp3) is 0.429. The first-order chi connectivity index (χ1) is 13.5. The number of carboxylic acid groups (broad SMARTS) is 1. The Bertz CT molecular complexity index is 940. The van der Waals surface area contributed by atoms with Gasteiger partial charge in [-0.3, -0.25) is 9.59 Å². The van der Waals surface area contributed by atoms with Crippen molar-refractivity contribution < 1.29 is 14.7 Å². The fourth-order valence-corrected chi connectivity index (χ4v) is 4.57. The lowest BCUT2D eigenvalue weighted by Gasteiger charge is -2.33. The van der Waals surface area contributed by atoms with Crippen LogP contribution in [0.15, 0.2) is 47.3 Å². The van der Waals surface area contributed by atoms with Crippen LogP contribution < -0.4 is 5.56 Å². The maximum Gasteiger partial charge on any atom is 0.326 e. The van der Waals surface area contributed by atoms with Crippen LogP contribution in [0.25, 0.3) is 11.3 Å². The van der Waals surface area contributed by atoms with Gasteiger partial charge < -0.3 is 10.0 Å². The number of fused-ring (bicyclic) bond motifs is 1. The third kappa shape index (κ3) is 3.44. The van der Waals surface area contributed by atoms with Gasteiger partial charge in [0.05, 0.1) is 5.69 Å². The Morgan fingerprint density at radius 2 is 1.82 bits per heavy atom. The van der Waals surface area contributed by atoms with Gasteiger partial charge in [0.25, 0.3) is 5.56 Å². The van der Waals surface area contributed by atoms with Gasteiger partial charge in [-0.15, -0.1) is 0 Å². The van der Waals surface area contributed by atoms with E-state index in [4.69, 9.17) is 0 Å². The van der Waals surface area contributed by atoms with Gasteiger partial charge in [0.1, 0.15) is 12.6 Å². The van der Waals surface area contributed by atoms with Gasteiger partial charge in [0.15, 0.2) is 0 Å². The molecular formula is C21H23N3O4. The number of hydrogen-bond acceptors (Lipinski definition) is 4. The predicted octanol–water partition coefficient (Wildman–Crippen LogP) is 2.15. The summed E-state index contributed by atoms with van der Waals surface area (Å²) in [5.41, 5.74) is 1.07. The summed E-state index contributed by atoms with van der Waals surface area (Å²) < 4.78 is 1.14. The monoisotopic (exact) mass is 381 g/mol. The van der Waals surface area contributed by atoms with Crippen LogP contribution in [0.2, 0.25) is 0 Å². The van der Waals surface area contributed by atoms with E-state index >= 15 is 0 Å². The molecule has 2 heterocycles. The number of carboxylic acids is 1. The molecule has 2 fully saturated rings. The van der Waals surface area contributed by atoms with Gasteiger partial charge in [-0.05, 0) is 31.2 Å². The number of aliphatic carboxylic acids is 1. The van der Waals surface area contributed by atoms with E-state index in [1.165, 1.54) is 11.0 Å². The smallest absolute Gasteiger partial charge is 0.326 e. The molecule has 1 aromatic carbocycles. The summed E-state index contributed by atoms with van der Waals surface area (Å²) in [5.74, 6) is -1.08. The van der Waals surface area contributed by atoms with Crippen LogP contribution in [0, 0.1) is 5.92 Å². The maximum absolute atomic E-state index is 13.0. The highest BCUT2D eigenvalue weighted by atomic mass is 16.4. The Labute approximate surface area is 162 Å². The fourth-order valence-electron chi connectivity index (χ4n) is 4.57. The molecule has 3 atom stereocenters. The summed E-state index contributed by atoms with van der Waals surface area (Å²) in [5, 5.41) is 14.0. The zero-order chi connectivity index (χ0) is 19.7. The minimum atomic E-state index is -0.971. The second kappa shape index (κ2) is 7.58. The van der Waals surface area contributed by atoms with Crippen LogP contribution in [0.1, 0.15) is 32.1 Å². The van der Waals surface area contributed by atoms with Crippen LogP contribution in [0.3, 0.4) is 0 Å². The molecule has 1 aliphatic carbocycles. The molecule has 4 rings (SSSR count). The lowest BCUT2D eigenvalue weighted by atomic mass is 9.85. The van der Waals surface area contributed by atoms with Crippen molar-refractivity contribution in [2.75, 3.05) is 0 Å². The van der Waals surface area contributed by atoms with Crippen molar-refractivity contribution in [3.63, 3.8) is 0 Å². The van der Waals surface area contributed by atoms with Crippen molar-refractivity contribution in [2.24, 2.45) is 5.92 Å². The standard InChI is InChI=1S/C21H23N3O4/c25-19-11-10-16(14-6-2-1-3-7-14)22-23(19)13-20(26)24-17-9-5-4-8-15(17)12-18(24)21(27)28/h1-3,6-7,10-11,15,17-18H,4-5,8-9,12-13H2,(H,27,28)/t15-,17-,18-/m0/s1. The highest BCUT2D eigenvalue weighted by molar-refractivity contribution is 5.84. The Kier molecular flexibility index (Phi) is 4.98. The molecule has 7 nitrogen and oxygen atoms in total. The summed E-state index contributed by atoms with van der Waals surface area (Å²) >= 11 is 0. The van der Waals surface area contributed by atoms with Crippen molar-refractivity contribution in [3.05, 3.63) is 52.8 Å². The number of amides is 1. The lowest BCUT2D eigenvalue weighted by molar-refractivity contribution is -0.150. The van der Waals surface area contributed by atoms with Crippen molar-refractivity contribution >= 4 is 11.9 Å². The zero-order valence-electron chi connectivity index (χ0n) is 15.5. The van der Waals surface area contributed by atoms with E-state index in [9.17, 15) is 19.5 Å². The summed E-state index contributed by atoms with van der Waals surface area (Å²) in [6.07, 6.45) is 4.36. The molecule has 0 unspecified atom stereocenters. The second-order valence-electron chi connectivity index (χ2n) is 7.58. The number of carbonyl (C=O) groups is 2. The molecule has 1 N–H and O–H groups in total. The van der Waals surface area contributed by atoms with Crippen molar-refractivity contribution in [2.45, 2.75) is 50.7 Å². The van der Waals surface area contributed by atoms with E-state index in [2.05, 4.69) is 5.10 Å². The molecule has 1 amide bonds. The highest BCUT2D eigenvalue weighted by Gasteiger charge is 2.47. The van der Waals surface area contributed by atoms with Crippen molar-refractivity contribution in [1.82, 2.24) is 14.7 Å². The number of hydrogen-bond donors (Lipinski definition) is 1. The Hall–Kier alpha value is -2.96. The molecule has 7 heteroatoms. The molecule has 1 aromatic heterocycles. The van der Waals surface area contributed by atoms with Gasteiger partial charge in [0, 0.05) is 17.7 Å². The number of nitrogens with zero attached hydrogens (tertiary/aromatic N) is 3. The second-order valence-corrected chi connectivity index (χ2v) is 7.58. The lowest BCUT2D eigenvalue weighted by Crippen LogP contribution is -2.48. The summed E-state index contributed by atoms with van der Waals surface area (Å²) in [6.45, 7) is -0.244. The van der Waals surface area contributed by atoms with E-state index in [0.717, 1.165) is 35.9 Å². The number of rotatable bonds is 4. The van der Waals surface area contributed by atoms with Crippen LogP contribution in [0.5, 0.6) is 0 Å². The van der Waals surface area contributed by atoms with Gasteiger partial charge in [0.2, 0.25) is 5.91 Å². The van der Waals surface area contributed by atoms with Gasteiger partial charge in [-0.25, -0.2) is 9.48 Å². The van der Waals surface area contributed by atoms with Crippen molar-refractivity contribution in [1.29, 1.82) is 0 Å². The topological polar surface area (TPSA) is 92.5 Å². The molecule has 2 aromatic rings. The summed E-state index contributed by atoms with van der Waals surface area (Å²) in [4.78, 5) is 38.6. The van der Waals surface area contributed by atoms with E-state index in [0.29, 0.717) is 12.1 Å². The molecule has 146 valence electrons. The van der Waals surface area contributed by atoms with E-state index in [-0.39, 0.29) is 30.0 Å². The molecule has 1 saturated carbocycles. The van der Waals surface area contributed by atoms with Gasteiger partial charge in [-0.1, -0.05) is 43.2 Å². The third-order valence-corrected chi connectivity index (χ3v) is 5.88. The number of benzene rings is 1. The van der Waals surface area contributed by atoms with Crippen LogP contribution in [-0.2, 0) is 16.1 Å². The quantitative estimate of drug-likeness (QED) is 0.876. The third-order valence-electron chi connectivity index (χ3n) is 5.88. The van der Waals surface area contributed by atoms with E-state index in [1.807, 2.05) is 30.3 Å². The normalized spacial score (nSPS) is 24.0. The number of carbonyl (C=O) groups excluding carboxylic acids is 1.